The Kier molecular flexibility index (Phi) is 6.66. The number of aliphatic hydroxyl groups is 1. The number of piperazine rings is 1. The van der Waals surface area contributed by atoms with Gasteiger partial charge in [0.2, 0.25) is 0 Å². The summed E-state index contributed by atoms with van der Waals surface area (Å²) in [5.74, 6) is 0.919. The van der Waals surface area contributed by atoms with Gasteiger partial charge < -0.3 is 9.84 Å². The first-order valence-corrected chi connectivity index (χ1v) is 9.48. The maximum absolute atomic E-state index is 9.50. The third-order valence-electron chi connectivity index (χ3n) is 4.92. The molecule has 1 aliphatic rings. The van der Waals surface area contributed by atoms with Crippen molar-refractivity contribution in [2.45, 2.75) is 39.4 Å². The van der Waals surface area contributed by atoms with Gasteiger partial charge in [0.25, 0.3) is 0 Å². The number of aromatic amines is 1. The van der Waals surface area contributed by atoms with Crippen LogP contribution in [0.1, 0.15) is 30.3 Å². The number of nitrogens with zero attached hydrogens (tertiary/aromatic N) is 3. The molecule has 1 aromatic carbocycles. The molecule has 142 valence electrons. The number of hydrogen-bond acceptors (Lipinski definition) is 5. The summed E-state index contributed by atoms with van der Waals surface area (Å²) in [6, 6.07) is 10.8. The predicted molar refractivity (Wildman–Crippen MR) is 102 cm³/mol. The van der Waals surface area contributed by atoms with Gasteiger partial charge >= 0.3 is 0 Å². The molecule has 1 saturated heterocycles. The van der Waals surface area contributed by atoms with Gasteiger partial charge in [-0.2, -0.15) is 5.10 Å². The molecule has 0 amide bonds. The SMILES string of the molecule is CCOc1ccc(CN2CCN(Cc3cc(C)[nH]n3)C[C@@H]2CCO)cc1. The lowest BCUT2D eigenvalue weighted by Crippen LogP contribution is -2.52. The minimum Gasteiger partial charge on any atom is -0.494 e. The molecular weight excluding hydrogens is 328 g/mol. The maximum Gasteiger partial charge on any atom is 0.119 e. The van der Waals surface area contributed by atoms with E-state index < -0.39 is 0 Å². The monoisotopic (exact) mass is 358 g/mol. The van der Waals surface area contributed by atoms with E-state index in [4.69, 9.17) is 4.74 Å². The van der Waals surface area contributed by atoms with Gasteiger partial charge in [-0.05, 0) is 44.0 Å². The van der Waals surface area contributed by atoms with Gasteiger partial charge in [0.15, 0.2) is 0 Å². The molecule has 6 heteroatoms. The molecule has 0 spiro atoms. The fraction of sp³-hybridized carbons (Fsp3) is 0.550. The zero-order chi connectivity index (χ0) is 18.4. The Hall–Kier alpha value is -1.89. The van der Waals surface area contributed by atoms with Crippen LogP contribution in [0.5, 0.6) is 5.75 Å². The molecule has 0 radical (unpaired) electrons. The molecule has 6 nitrogen and oxygen atoms in total. The average molecular weight is 358 g/mol. The first-order valence-electron chi connectivity index (χ1n) is 9.48. The summed E-state index contributed by atoms with van der Waals surface area (Å²) in [6.07, 6.45) is 0.799. The highest BCUT2D eigenvalue weighted by molar-refractivity contribution is 5.27. The van der Waals surface area contributed by atoms with Gasteiger partial charge in [0, 0.05) is 51.1 Å². The lowest BCUT2D eigenvalue weighted by molar-refractivity contribution is 0.0494. The number of H-pyrrole nitrogens is 1. The molecule has 2 heterocycles. The van der Waals surface area contributed by atoms with Crippen LogP contribution < -0.4 is 4.74 Å². The Morgan fingerprint density at radius 3 is 2.69 bits per heavy atom. The van der Waals surface area contributed by atoms with Crippen molar-refractivity contribution < 1.29 is 9.84 Å². The van der Waals surface area contributed by atoms with Crippen molar-refractivity contribution in [2.75, 3.05) is 32.8 Å². The molecule has 1 atom stereocenters. The van der Waals surface area contributed by atoms with E-state index in [9.17, 15) is 5.11 Å². The minimum atomic E-state index is 0.222. The molecule has 26 heavy (non-hydrogen) atoms. The van der Waals surface area contributed by atoms with Crippen molar-refractivity contribution in [3.05, 3.63) is 47.3 Å². The van der Waals surface area contributed by atoms with Gasteiger partial charge in [-0.1, -0.05) is 12.1 Å². The number of benzene rings is 1. The average Bonchev–Trinajstić information content (AvgIpc) is 3.04. The number of nitrogens with one attached hydrogen (secondary N) is 1. The van der Waals surface area contributed by atoms with Gasteiger partial charge in [-0.3, -0.25) is 14.9 Å². The Balaban J connectivity index is 1.59. The lowest BCUT2D eigenvalue weighted by atomic mass is 10.1. The summed E-state index contributed by atoms with van der Waals surface area (Å²) in [7, 11) is 0. The molecule has 2 N–H and O–H groups in total. The first kappa shape index (κ1) is 18.9. The van der Waals surface area contributed by atoms with Crippen LogP contribution >= 0.6 is 0 Å². The van der Waals surface area contributed by atoms with Gasteiger partial charge in [-0.15, -0.1) is 0 Å². The molecule has 1 aliphatic heterocycles. The van der Waals surface area contributed by atoms with E-state index >= 15 is 0 Å². The van der Waals surface area contributed by atoms with Crippen LogP contribution in [0.25, 0.3) is 0 Å². The molecular formula is C20H30N4O2. The van der Waals surface area contributed by atoms with Gasteiger partial charge in [-0.25, -0.2) is 0 Å². The van der Waals surface area contributed by atoms with Crippen LogP contribution in [0, 0.1) is 6.92 Å². The summed E-state index contributed by atoms with van der Waals surface area (Å²) in [5, 5.41) is 16.9. The van der Waals surface area contributed by atoms with Gasteiger partial charge in [0.05, 0.1) is 12.3 Å². The van der Waals surface area contributed by atoms with E-state index in [-0.39, 0.29) is 6.61 Å². The summed E-state index contributed by atoms with van der Waals surface area (Å²) >= 11 is 0. The Morgan fingerprint density at radius 2 is 2.04 bits per heavy atom. The van der Waals surface area contributed by atoms with Crippen molar-refractivity contribution in [3.8, 4) is 5.75 Å². The predicted octanol–water partition coefficient (Wildman–Crippen LogP) is 2.19. The highest BCUT2D eigenvalue weighted by atomic mass is 16.5. The number of rotatable bonds is 8. The molecule has 3 rings (SSSR count). The zero-order valence-electron chi connectivity index (χ0n) is 15.8. The highest BCUT2D eigenvalue weighted by Gasteiger charge is 2.27. The van der Waals surface area contributed by atoms with Crippen LogP contribution in [0.3, 0.4) is 0 Å². The molecule has 2 aromatic rings. The van der Waals surface area contributed by atoms with Crippen molar-refractivity contribution in [1.29, 1.82) is 0 Å². The fourth-order valence-corrected chi connectivity index (χ4v) is 3.61. The van der Waals surface area contributed by atoms with E-state index in [0.717, 1.165) is 56.3 Å². The molecule has 1 fully saturated rings. The Bertz CT molecular complexity index is 671. The van der Waals surface area contributed by atoms with Crippen LogP contribution in [-0.2, 0) is 13.1 Å². The van der Waals surface area contributed by atoms with E-state index in [2.05, 4.69) is 38.2 Å². The minimum absolute atomic E-state index is 0.222. The molecule has 0 unspecified atom stereocenters. The largest absolute Gasteiger partial charge is 0.494 e. The van der Waals surface area contributed by atoms with Crippen LogP contribution in [-0.4, -0.2) is 64.0 Å². The molecule has 1 aromatic heterocycles. The second kappa shape index (κ2) is 9.16. The van der Waals surface area contributed by atoms with Crippen LogP contribution in [0.4, 0.5) is 0 Å². The molecule has 0 saturated carbocycles. The van der Waals surface area contributed by atoms with Crippen LogP contribution in [0.2, 0.25) is 0 Å². The molecule has 0 bridgehead atoms. The summed E-state index contributed by atoms with van der Waals surface area (Å²) in [6.45, 7) is 9.69. The lowest BCUT2D eigenvalue weighted by Gasteiger charge is -2.41. The molecule has 0 aliphatic carbocycles. The zero-order valence-corrected chi connectivity index (χ0v) is 15.8. The first-order chi connectivity index (χ1) is 12.7. The second-order valence-corrected chi connectivity index (χ2v) is 6.99. The summed E-state index contributed by atoms with van der Waals surface area (Å²) in [4.78, 5) is 4.92. The van der Waals surface area contributed by atoms with E-state index in [1.807, 2.05) is 26.0 Å². The quantitative estimate of drug-likeness (QED) is 0.757. The maximum atomic E-state index is 9.50. The van der Waals surface area contributed by atoms with E-state index in [1.54, 1.807) is 0 Å². The number of aliphatic hydroxyl groups excluding tert-OH is 1. The van der Waals surface area contributed by atoms with Crippen molar-refractivity contribution in [2.24, 2.45) is 0 Å². The Morgan fingerprint density at radius 1 is 1.23 bits per heavy atom. The number of ether oxygens (including phenoxy) is 1. The van der Waals surface area contributed by atoms with Crippen molar-refractivity contribution in [3.63, 3.8) is 0 Å². The number of hydrogen-bond donors (Lipinski definition) is 2. The van der Waals surface area contributed by atoms with E-state index in [0.29, 0.717) is 12.6 Å². The standard InChI is InChI=1S/C20H30N4O2/c1-3-26-20-6-4-17(5-7-20)13-24-10-9-23(15-19(24)8-11-25)14-18-12-16(2)21-22-18/h4-7,12,19,25H,3,8-11,13-15H2,1-2H3,(H,21,22)/t19-/m0/s1. The van der Waals surface area contributed by atoms with E-state index in [1.165, 1.54) is 5.56 Å². The topological polar surface area (TPSA) is 64.6 Å². The summed E-state index contributed by atoms with van der Waals surface area (Å²) in [5.41, 5.74) is 3.47. The second-order valence-electron chi connectivity index (χ2n) is 6.99. The number of aromatic nitrogens is 2. The van der Waals surface area contributed by atoms with Gasteiger partial charge in [0.1, 0.15) is 5.75 Å². The normalized spacial score (nSPS) is 19.0. The smallest absolute Gasteiger partial charge is 0.119 e. The number of aryl methyl sites for hydroxylation is 1. The van der Waals surface area contributed by atoms with Crippen LogP contribution in [0.15, 0.2) is 30.3 Å². The fourth-order valence-electron chi connectivity index (χ4n) is 3.61. The van der Waals surface area contributed by atoms with Crippen molar-refractivity contribution >= 4 is 0 Å². The highest BCUT2D eigenvalue weighted by Crippen LogP contribution is 2.20. The van der Waals surface area contributed by atoms with Crippen molar-refractivity contribution in [1.82, 2.24) is 20.0 Å². The third-order valence-corrected chi connectivity index (χ3v) is 4.92. The summed E-state index contributed by atoms with van der Waals surface area (Å²) < 4.78 is 5.52. The Labute approximate surface area is 155 Å². The third kappa shape index (κ3) is 5.06.